The van der Waals surface area contributed by atoms with Gasteiger partial charge in [-0.25, -0.2) is 4.39 Å². The second kappa shape index (κ2) is 4.23. The van der Waals surface area contributed by atoms with Gasteiger partial charge in [0.25, 0.3) is 0 Å². The summed E-state index contributed by atoms with van der Waals surface area (Å²) >= 11 is 0. The predicted molar refractivity (Wildman–Crippen MR) is 59.0 cm³/mol. The largest absolute Gasteiger partial charge is 0.372 e. The Labute approximate surface area is 90.4 Å². The lowest BCUT2D eigenvalue weighted by Crippen LogP contribution is -2.45. The number of nitrogens with zero attached hydrogens (tertiary/aromatic N) is 3. The van der Waals surface area contributed by atoms with Gasteiger partial charge >= 0.3 is 0 Å². The maximum Gasteiger partial charge on any atom is 0.140 e. The Kier molecular flexibility index (Phi) is 2.95. The summed E-state index contributed by atoms with van der Waals surface area (Å²) in [4.78, 5) is 6.47. The van der Waals surface area contributed by atoms with Crippen molar-refractivity contribution in [2.24, 2.45) is 0 Å². The minimum Gasteiger partial charge on any atom is -0.372 e. The first-order chi connectivity index (χ1) is 7.15. The van der Waals surface area contributed by atoms with Gasteiger partial charge in [0.05, 0.1) is 6.54 Å². The van der Waals surface area contributed by atoms with Gasteiger partial charge in [0.2, 0.25) is 0 Å². The Morgan fingerprint density at radius 2 is 1.80 bits per heavy atom. The van der Waals surface area contributed by atoms with Crippen LogP contribution in [0.5, 0.6) is 0 Å². The van der Waals surface area contributed by atoms with E-state index in [1.807, 2.05) is 11.9 Å². The van der Waals surface area contributed by atoms with Crippen molar-refractivity contribution in [3.05, 3.63) is 23.8 Å². The third-order valence-corrected chi connectivity index (χ3v) is 2.97. The van der Waals surface area contributed by atoms with Crippen LogP contribution in [0.3, 0.4) is 0 Å². The fourth-order valence-electron chi connectivity index (χ4n) is 2.04. The summed E-state index contributed by atoms with van der Waals surface area (Å²) in [7, 11) is 4.03. The average Bonchev–Trinajstić information content (AvgIpc) is 2.17. The number of allylic oxidation sites excluding steroid dienone is 2. The Morgan fingerprint density at radius 1 is 1.13 bits per heavy atom. The molecule has 0 unspecified atom stereocenters. The molecule has 0 N–H and O–H groups in total. The van der Waals surface area contributed by atoms with Crippen molar-refractivity contribution >= 4 is 0 Å². The molecular weight excluding hydrogens is 193 g/mol. The van der Waals surface area contributed by atoms with Crippen LogP contribution in [0.1, 0.15) is 0 Å². The van der Waals surface area contributed by atoms with E-state index in [4.69, 9.17) is 0 Å². The lowest BCUT2D eigenvalue weighted by atomic mass is 10.2. The summed E-state index contributed by atoms with van der Waals surface area (Å²) in [6.45, 7) is 4.95. The Balaban J connectivity index is 2.02. The van der Waals surface area contributed by atoms with Crippen molar-refractivity contribution in [1.82, 2.24) is 14.7 Å². The molecule has 0 aliphatic carbocycles. The molecule has 0 radical (unpaired) electrons. The molecular formula is C11H18FN3. The van der Waals surface area contributed by atoms with Gasteiger partial charge in [-0.3, -0.25) is 0 Å². The van der Waals surface area contributed by atoms with Crippen LogP contribution in [-0.2, 0) is 0 Å². The van der Waals surface area contributed by atoms with Gasteiger partial charge in [-0.05, 0) is 13.1 Å². The van der Waals surface area contributed by atoms with Crippen molar-refractivity contribution in [3.8, 4) is 0 Å². The van der Waals surface area contributed by atoms with Gasteiger partial charge in [0.1, 0.15) is 5.83 Å². The summed E-state index contributed by atoms with van der Waals surface area (Å²) in [6, 6.07) is 0. The molecule has 0 bridgehead atoms. The number of halogens is 1. The normalized spacial score (nSPS) is 23.9. The molecule has 1 saturated heterocycles. The van der Waals surface area contributed by atoms with Gasteiger partial charge in [-0.15, -0.1) is 0 Å². The highest BCUT2D eigenvalue weighted by atomic mass is 19.1. The quantitative estimate of drug-likeness (QED) is 0.637. The lowest BCUT2D eigenvalue weighted by Gasteiger charge is -2.37. The molecule has 0 saturated carbocycles. The van der Waals surface area contributed by atoms with Crippen LogP contribution in [0, 0.1) is 0 Å². The molecule has 3 nitrogen and oxygen atoms in total. The Hall–Kier alpha value is -1.03. The van der Waals surface area contributed by atoms with E-state index < -0.39 is 0 Å². The molecule has 0 aromatic heterocycles. The fourth-order valence-corrected chi connectivity index (χ4v) is 2.04. The molecule has 0 amide bonds. The number of hydrogen-bond donors (Lipinski definition) is 0. The molecule has 1 fully saturated rings. The van der Waals surface area contributed by atoms with Gasteiger partial charge in [-0.1, -0.05) is 0 Å². The minimum atomic E-state index is -0.141. The minimum absolute atomic E-state index is 0.141. The first kappa shape index (κ1) is 10.5. The van der Waals surface area contributed by atoms with E-state index in [1.54, 1.807) is 12.3 Å². The molecule has 4 heteroatoms. The standard InChI is InChI=1S/C11H18FN3/c1-13-3-5-15(6-4-13)11-7-10(12)8-14(2)9-11/h7-8H,3-6,9H2,1-2H3. The first-order valence-electron chi connectivity index (χ1n) is 5.37. The Bertz CT molecular complexity index is 290. The highest BCUT2D eigenvalue weighted by Gasteiger charge is 2.19. The van der Waals surface area contributed by atoms with E-state index in [1.165, 1.54) is 0 Å². The van der Waals surface area contributed by atoms with Gasteiger partial charge < -0.3 is 14.7 Å². The molecule has 0 aromatic rings. The van der Waals surface area contributed by atoms with Crippen molar-refractivity contribution in [2.75, 3.05) is 46.8 Å². The summed E-state index contributed by atoms with van der Waals surface area (Å²) in [5.41, 5.74) is 1.10. The highest BCUT2D eigenvalue weighted by Crippen LogP contribution is 2.17. The maximum atomic E-state index is 13.2. The van der Waals surface area contributed by atoms with E-state index in [2.05, 4.69) is 16.8 Å². The number of hydrogen-bond acceptors (Lipinski definition) is 3. The molecule has 0 aromatic carbocycles. The molecule has 15 heavy (non-hydrogen) atoms. The molecule has 84 valence electrons. The molecule has 2 aliphatic heterocycles. The summed E-state index contributed by atoms with van der Waals surface area (Å²) < 4.78 is 13.2. The zero-order valence-electron chi connectivity index (χ0n) is 9.41. The summed E-state index contributed by atoms with van der Waals surface area (Å²) in [6.07, 6.45) is 3.20. The fraction of sp³-hybridized carbons (Fsp3) is 0.636. The molecule has 0 spiro atoms. The maximum absolute atomic E-state index is 13.2. The second-order valence-electron chi connectivity index (χ2n) is 4.36. The van der Waals surface area contributed by atoms with E-state index in [9.17, 15) is 4.39 Å². The van der Waals surface area contributed by atoms with Crippen LogP contribution in [-0.4, -0.2) is 61.5 Å². The SMILES string of the molecule is CN1C=C(F)C=C(N2CCN(C)CC2)C1. The molecule has 0 atom stereocenters. The molecule has 2 rings (SSSR count). The van der Waals surface area contributed by atoms with Crippen molar-refractivity contribution in [1.29, 1.82) is 0 Å². The van der Waals surface area contributed by atoms with Crippen molar-refractivity contribution in [2.45, 2.75) is 0 Å². The third-order valence-electron chi connectivity index (χ3n) is 2.97. The predicted octanol–water partition coefficient (Wildman–Crippen LogP) is 0.874. The number of likely N-dealkylation sites (N-methyl/N-ethyl adjacent to an activating group) is 2. The third kappa shape index (κ3) is 2.50. The summed E-state index contributed by atoms with van der Waals surface area (Å²) in [5, 5.41) is 0. The van der Waals surface area contributed by atoms with Gasteiger partial charge in [-0.2, -0.15) is 0 Å². The smallest absolute Gasteiger partial charge is 0.140 e. The zero-order chi connectivity index (χ0) is 10.8. The average molecular weight is 211 g/mol. The van der Waals surface area contributed by atoms with Crippen LogP contribution in [0.2, 0.25) is 0 Å². The van der Waals surface area contributed by atoms with E-state index >= 15 is 0 Å². The zero-order valence-corrected chi connectivity index (χ0v) is 9.41. The van der Waals surface area contributed by atoms with E-state index in [-0.39, 0.29) is 5.83 Å². The van der Waals surface area contributed by atoms with Crippen LogP contribution in [0.4, 0.5) is 4.39 Å². The highest BCUT2D eigenvalue weighted by molar-refractivity contribution is 5.23. The molecule has 2 heterocycles. The van der Waals surface area contributed by atoms with Crippen LogP contribution < -0.4 is 0 Å². The monoisotopic (exact) mass is 211 g/mol. The second-order valence-corrected chi connectivity index (χ2v) is 4.36. The lowest BCUT2D eigenvalue weighted by molar-refractivity contribution is 0.176. The van der Waals surface area contributed by atoms with Crippen LogP contribution in [0.25, 0.3) is 0 Å². The van der Waals surface area contributed by atoms with Gasteiger partial charge in [0.15, 0.2) is 0 Å². The van der Waals surface area contributed by atoms with Crippen molar-refractivity contribution in [3.63, 3.8) is 0 Å². The Morgan fingerprint density at radius 3 is 2.40 bits per heavy atom. The summed E-state index contributed by atoms with van der Waals surface area (Å²) in [5.74, 6) is -0.141. The molecule has 2 aliphatic rings. The van der Waals surface area contributed by atoms with Gasteiger partial charge in [0, 0.05) is 45.1 Å². The van der Waals surface area contributed by atoms with Crippen molar-refractivity contribution < 1.29 is 4.39 Å². The van der Waals surface area contributed by atoms with Crippen LogP contribution >= 0.6 is 0 Å². The topological polar surface area (TPSA) is 9.72 Å². The van der Waals surface area contributed by atoms with E-state index in [0.717, 1.165) is 38.4 Å². The van der Waals surface area contributed by atoms with Crippen LogP contribution in [0.15, 0.2) is 23.8 Å². The number of piperazine rings is 1. The first-order valence-corrected chi connectivity index (χ1v) is 5.37. The van der Waals surface area contributed by atoms with E-state index in [0.29, 0.717) is 0 Å². The number of rotatable bonds is 1.